The molecule has 2 aromatic carbocycles. The number of halogens is 1. The first-order valence-electron chi connectivity index (χ1n) is 10.8. The molecule has 8 nitrogen and oxygen atoms in total. The number of para-hydroxylation sites is 1. The van der Waals surface area contributed by atoms with E-state index in [0.29, 0.717) is 28.1 Å². The Kier molecular flexibility index (Phi) is 10.1. The Hall–Kier alpha value is -4.01. The molecule has 0 radical (unpaired) electrons. The molecule has 0 bridgehead atoms. The summed E-state index contributed by atoms with van der Waals surface area (Å²) in [5.74, 6) is 0.626. The number of nitrogens with zero attached hydrogens (tertiary/aromatic N) is 4. The molecule has 0 aliphatic rings. The summed E-state index contributed by atoms with van der Waals surface area (Å²) in [5.41, 5.74) is 12.1. The number of hydrogen-bond acceptors (Lipinski definition) is 6. The molecule has 4 aromatic rings. The van der Waals surface area contributed by atoms with Gasteiger partial charge in [-0.05, 0) is 43.1 Å². The van der Waals surface area contributed by atoms with Crippen LogP contribution in [0.4, 0.5) is 11.6 Å². The zero-order chi connectivity index (χ0) is 26.0. The molecule has 0 aliphatic heterocycles. The molecule has 4 rings (SSSR count). The van der Waals surface area contributed by atoms with Crippen LogP contribution in [0, 0.1) is 0 Å². The summed E-state index contributed by atoms with van der Waals surface area (Å²) in [6, 6.07) is 17.3. The second kappa shape index (κ2) is 13.0. The Morgan fingerprint density at radius 3 is 2.43 bits per heavy atom. The van der Waals surface area contributed by atoms with Crippen molar-refractivity contribution in [2.24, 2.45) is 17.8 Å². The van der Waals surface area contributed by atoms with Crippen molar-refractivity contribution in [3.63, 3.8) is 0 Å². The molecule has 9 heteroatoms. The molecule has 0 unspecified atom stereocenters. The number of aliphatic imine (C=N–C) groups is 1. The first-order chi connectivity index (χ1) is 16.9. The molecular formula is C26H29ClN6O2. The van der Waals surface area contributed by atoms with E-state index in [1.165, 1.54) is 24.0 Å². The zero-order valence-electron chi connectivity index (χ0n) is 20.0. The molecule has 0 saturated heterocycles. The number of benzene rings is 2. The molecule has 4 N–H and O–H groups in total. The van der Waals surface area contributed by atoms with Crippen molar-refractivity contribution in [1.29, 1.82) is 0 Å². The van der Waals surface area contributed by atoms with Crippen LogP contribution in [0.15, 0.2) is 77.0 Å². The summed E-state index contributed by atoms with van der Waals surface area (Å²) < 4.78 is 3.19. The van der Waals surface area contributed by atoms with Gasteiger partial charge in [0.15, 0.2) is 17.9 Å². The third kappa shape index (κ3) is 6.11. The number of nitrogens with two attached hydrogens (primary N) is 2. The van der Waals surface area contributed by atoms with Gasteiger partial charge in [0, 0.05) is 24.6 Å². The Morgan fingerprint density at radius 1 is 1.14 bits per heavy atom. The number of carbonyl (C=O) groups excluding carboxylic acids is 1. The van der Waals surface area contributed by atoms with E-state index in [2.05, 4.69) is 22.4 Å². The van der Waals surface area contributed by atoms with E-state index in [4.69, 9.17) is 17.3 Å². The number of aryl methyl sites for hydroxylation is 2. The Balaban J connectivity index is 0.000000251. The van der Waals surface area contributed by atoms with Crippen LogP contribution in [0.2, 0.25) is 5.02 Å². The molecule has 0 spiro atoms. The molecular weight excluding hydrogens is 464 g/mol. The molecule has 0 fully saturated rings. The lowest BCUT2D eigenvalue weighted by Crippen LogP contribution is -2.22. The van der Waals surface area contributed by atoms with Gasteiger partial charge in [-0.1, -0.05) is 61.5 Å². The number of hydrogen-bond donors (Lipinski definition) is 2. The van der Waals surface area contributed by atoms with Gasteiger partial charge in [-0.3, -0.25) is 14.2 Å². The normalized spacial score (nSPS) is 10.3. The van der Waals surface area contributed by atoms with Crippen LogP contribution >= 0.6 is 11.6 Å². The van der Waals surface area contributed by atoms with Crippen molar-refractivity contribution in [2.45, 2.75) is 13.3 Å². The van der Waals surface area contributed by atoms with Gasteiger partial charge in [0.2, 0.25) is 0 Å². The van der Waals surface area contributed by atoms with Gasteiger partial charge in [0.05, 0.1) is 10.4 Å². The van der Waals surface area contributed by atoms with Crippen molar-refractivity contribution < 1.29 is 4.79 Å². The van der Waals surface area contributed by atoms with Gasteiger partial charge in [0.1, 0.15) is 5.56 Å². The molecule has 0 aliphatic carbocycles. The first kappa shape index (κ1) is 27.2. The van der Waals surface area contributed by atoms with E-state index in [-0.39, 0.29) is 11.4 Å². The van der Waals surface area contributed by atoms with Gasteiger partial charge in [-0.25, -0.2) is 9.67 Å². The standard InChI is InChI=1S/C17H14ClNO.C8H10N4O.CH5N/c1-2-13-11-12-7-6-10-15(18)16(12)17(20)19(13)14-8-4-3-5-9-14;1-3-4-10-8-6(5-13)7(9)11-12(8)2;1-2/h3-11H,2H2,1H3;3-5H,1H2,2H3,(H2,9,11);2H2,1H3/b;10-4-;. The lowest BCUT2D eigenvalue weighted by atomic mass is 10.1. The van der Waals surface area contributed by atoms with Gasteiger partial charge >= 0.3 is 0 Å². The number of aldehydes is 1. The molecule has 0 amide bonds. The van der Waals surface area contributed by atoms with Gasteiger partial charge in [-0.2, -0.15) is 5.10 Å². The molecule has 182 valence electrons. The molecule has 0 atom stereocenters. The maximum absolute atomic E-state index is 12.8. The molecule has 35 heavy (non-hydrogen) atoms. The number of anilines is 1. The molecule has 2 heterocycles. The second-order valence-electron chi connectivity index (χ2n) is 7.05. The smallest absolute Gasteiger partial charge is 0.264 e. The monoisotopic (exact) mass is 492 g/mol. The Labute approximate surface area is 209 Å². The maximum Gasteiger partial charge on any atom is 0.264 e. The summed E-state index contributed by atoms with van der Waals surface area (Å²) in [7, 11) is 3.17. The number of fused-ring (bicyclic) bond motifs is 1. The van der Waals surface area contributed by atoms with Crippen LogP contribution in [0.25, 0.3) is 16.5 Å². The highest BCUT2D eigenvalue weighted by Gasteiger charge is 2.12. The Morgan fingerprint density at radius 2 is 1.83 bits per heavy atom. The summed E-state index contributed by atoms with van der Waals surface area (Å²) in [5, 5.41) is 5.82. The third-order valence-electron chi connectivity index (χ3n) is 4.95. The number of pyridine rings is 1. The summed E-state index contributed by atoms with van der Waals surface area (Å²) in [4.78, 5) is 27.4. The van der Waals surface area contributed by atoms with Crippen LogP contribution in [-0.2, 0) is 13.5 Å². The third-order valence-corrected chi connectivity index (χ3v) is 5.26. The van der Waals surface area contributed by atoms with Gasteiger partial charge in [-0.15, -0.1) is 0 Å². The lowest BCUT2D eigenvalue weighted by molar-refractivity contribution is 0.112. The predicted octanol–water partition coefficient (Wildman–Crippen LogP) is 4.48. The van der Waals surface area contributed by atoms with E-state index in [0.717, 1.165) is 23.2 Å². The minimum atomic E-state index is -0.0591. The fourth-order valence-electron chi connectivity index (χ4n) is 3.43. The SMILES string of the molecule is C=C/C=N\c1c(C=O)c(N)nn1C.CCc1cc2cccc(Cl)c2c(=O)n1-c1ccccc1.CN. The van der Waals surface area contributed by atoms with Gasteiger partial charge in [0.25, 0.3) is 5.56 Å². The second-order valence-corrected chi connectivity index (χ2v) is 7.45. The van der Waals surface area contributed by atoms with E-state index in [1.54, 1.807) is 17.7 Å². The summed E-state index contributed by atoms with van der Waals surface area (Å²) >= 11 is 6.20. The van der Waals surface area contributed by atoms with Crippen molar-refractivity contribution in [3.05, 3.63) is 93.9 Å². The van der Waals surface area contributed by atoms with E-state index in [9.17, 15) is 9.59 Å². The number of rotatable bonds is 5. The fraction of sp³-hybridized carbons (Fsp3) is 0.154. The maximum atomic E-state index is 12.8. The van der Waals surface area contributed by atoms with Crippen molar-refractivity contribution in [3.8, 4) is 5.69 Å². The summed E-state index contributed by atoms with van der Waals surface area (Å²) in [6.45, 7) is 5.52. The minimum Gasteiger partial charge on any atom is -0.382 e. The predicted molar refractivity (Wildman–Crippen MR) is 145 cm³/mol. The van der Waals surface area contributed by atoms with E-state index >= 15 is 0 Å². The van der Waals surface area contributed by atoms with Crippen LogP contribution in [0.5, 0.6) is 0 Å². The largest absolute Gasteiger partial charge is 0.382 e. The van der Waals surface area contributed by atoms with Crippen LogP contribution in [0.1, 0.15) is 23.0 Å². The highest BCUT2D eigenvalue weighted by Crippen LogP contribution is 2.23. The number of allylic oxidation sites excluding steroid dienone is 1. The highest BCUT2D eigenvalue weighted by molar-refractivity contribution is 6.35. The first-order valence-corrected chi connectivity index (χ1v) is 11.2. The zero-order valence-corrected chi connectivity index (χ0v) is 20.7. The van der Waals surface area contributed by atoms with Crippen LogP contribution < -0.4 is 17.0 Å². The summed E-state index contributed by atoms with van der Waals surface area (Å²) in [6.07, 6.45) is 4.41. The fourth-order valence-corrected chi connectivity index (χ4v) is 3.70. The van der Waals surface area contributed by atoms with E-state index in [1.807, 2.05) is 55.5 Å². The van der Waals surface area contributed by atoms with Crippen molar-refractivity contribution in [1.82, 2.24) is 14.3 Å². The number of nitrogen functional groups attached to an aromatic ring is 1. The van der Waals surface area contributed by atoms with Gasteiger partial charge < -0.3 is 11.5 Å². The highest BCUT2D eigenvalue weighted by atomic mass is 35.5. The molecule has 2 aromatic heterocycles. The number of aromatic nitrogens is 3. The molecule has 0 saturated carbocycles. The number of carbonyl (C=O) groups is 1. The topological polar surface area (TPSA) is 121 Å². The quantitative estimate of drug-likeness (QED) is 0.314. The van der Waals surface area contributed by atoms with Crippen molar-refractivity contribution in [2.75, 3.05) is 12.8 Å². The average Bonchev–Trinajstić information content (AvgIpc) is 3.16. The van der Waals surface area contributed by atoms with Crippen molar-refractivity contribution >= 4 is 46.5 Å². The van der Waals surface area contributed by atoms with Crippen LogP contribution in [0.3, 0.4) is 0 Å². The Bertz CT molecular complexity index is 1390. The minimum absolute atomic E-state index is 0.0591. The van der Waals surface area contributed by atoms with Crippen LogP contribution in [-0.4, -0.2) is 33.9 Å². The van der Waals surface area contributed by atoms with E-state index < -0.39 is 0 Å². The lowest BCUT2D eigenvalue weighted by Gasteiger charge is -2.14. The average molecular weight is 493 g/mol.